The second-order valence-electron chi connectivity index (χ2n) is 8.11. The highest BCUT2D eigenvalue weighted by Gasteiger charge is 2.14. The molecule has 0 radical (unpaired) electrons. The van der Waals surface area contributed by atoms with Crippen LogP contribution in [0.2, 0.25) is 0 Å². The highest BCUT2D eigenvalue weighted by molar-refractivity contribution is 5.93. The lowest BCUT2D eigenvalue weighted by molar-refractivity contribution is -0.149. The number of carbonyl (C=O) groups is 2. The van der Waals surface area contributed by atoms with Gasteiger partial charge in [0.2, 0.25) is 0 Å². The Labute approximate surface area is 166 Å². The minimum atomic E-state index is -0.580. The van der Waals surface area contributed by atoms with Crippen LogP contribution in [-0.2, 0) is 32.6 Å². The van der Waals surface area contributed by atoms with Crippen LogP contribution in [0.15, 0.2) is 42.5 Å². The number of esters is 1. The summed E-state index contributed by atoms with van der Waals surface area (Å²) in [5.74, 6) is -0.350. The minimum absolute atomic E-state index is 0.0592. The molecule has 0 bridgehead atoms. The molecule has 0 unspecified atom stereocenters. The molecule has 28 heavy (non-hydrogen) atoms. The summed E-state index contributed by atoms with van der Waals surface area (Å²) in [7, 11) is 0. The number of fused-ring (bicyclic) bond motifs is 1. The number of amides is 1. The molecular formula is C23H27NO4. The zero-order valence-electron chi connectivity index (χ0n) is 16.7. The van der Waals surface area contributed by atoms with Crippen molar-refractivity contribution >= 4 is 17.6 Å². The fourth-order valence-corrected chi connectivity index (χ4v) is 3.23. The molecule has 5 nitrogen and oxygen atoms in total. The summed E-state index contributed by atoms with van der Waals surface area (Å²) in [6.45, 7) is 5.83. The molecule has 0 atom stereocenters. The molecular weight excluding hydrogens is 354 g/mol. The van der Waals surface area contributed by atoms with Gasteiger partial charge in [0, 0.05) is 5.69 Å². The van der Waals surface area contributed by atoms with Gasteiger partial charge in [-0.3, -0.25) is 4.79 Å². The molecule has 3 rings (SSSR count). The van der Waals surface area contributed by atoms with Crippen LogP contribution < -0.4 is 10.1 Å². The molecule has 1 aliphatic carbocycles. The van der Waals surface area contributed by atoms with Crippen LogP contribution in [0, 0.1) is 0 Å². The van der Waals surface area contributed by atoms with Gasteiger partial charge in [-0.2, -0.15) is 0 Å². The van der Waals surface area contributed by atoms with E-state index in [2.05, 4.69) is 26.1 Å². The van der Waals surface area contributed by atoms with E-state index in [9.17, 15) is 9.59 Å². The molecule has 2 aromatic rings. The summed E-state index contributed by atoms with van der Waals surface area (Å²) >= 11 is 0. The summed E-state index contributed by atoms with van der Waals surface area (Å²) in [4.78, 5) is 23.8. The molecule has 1 amide bonds. The van der Waals surface area contributed by atoms with E-state index in [0.29, 0.717) is 5.75 Å². The molecule has 0 saturated heterocycles. The van der Waals surface area contributed by atoms with Gasteiger partial charge in [0.15, 0.2) is 13.2 Å². The van der Waals surface area contributed by atoms with Crippen molar-refractivity contribution in [2.24, 2.45) is 0 Å². The topological polar surface area (TPSA) is 64.6 Å². The smallest absolute Gasteiger partial charge is 0.344 e. The average molecular weight is 381 g/mol. The minimum Gasteiger partial charge on any atom is -0.482 e. The lowest BCUT2D eigenvalue weighted by Gasteiger charge is -2.19. The van der Waals surface area contributed by atoms with Crippen molar-refractivity contribution in [1.82, 2.24) is 0 Å². The second kappa shape index (κ2) is 8.46. The van der Waals surface area contributed by atoms with E-state index in [1.807, 2.05) is 42.5 Å². The molecule has 0 aromatic heterocycles. The van der Waals surface area contributed by atoms with Crippen LogP contribution in [0.5, 0.6) is 5.75 Å². The van der Waals surface area contributed by atoms with E-state index in [0.717, 1.165) is 24.9 Å². The number of rotatable bonds is 6. The number of aryl methyl sites for hydroxylation is 2. The fourth-order valence-electron chi connectivity index (χ4n) is 3.23. The third-order valence-electron chi connectivity index (χ3n) is 4.82. The predicted molar refractivity (Wildman–Crippen MR) is 109 cm³/mol. The maximum absolute atomic E-state index is 12.0. The third-order valence-corrected chi connectivity index (χ3v) is 4.82. The van der Waals surface area contributed by atoms with Gasteiger partial charge in [0.25, 0.3) is 5.91 Å². The molecule has 1 aliphatic rings. The van der Waals surface area contributed by atoms with Crippen molar-refractivity contribution in [1.29, 1.82) is 0 Å². The van der Waals surface area contributed by atoms with Crippen molar-refractivity contribution in [2.45, 2.75) is 45.4 Å². The predicted octanol–water partition coefficient (Wildman–Crippen LogP) is 4.03. The van der Waals surface area contributed by atoms with Gasteiger partial charge >= 0.3 is 5.97 Å². The molecule has 2 aromatic carbocycles. The molecule has 148 valence electrons. The number of benzene rings is 2. The third kappa shape index (κ3) is 5.35. The van der Waals surface area contributed by atoms with Crippen molar-refractivity contribution in [3.8, 4) is 5.75 Å². The van der Waals surface area contributed by atoms with Crippen molar-refractivity contribution in [3.63, 3.8) is 0 Å². The van der Waals surface area contributed by atoms with Crippen LogP contribution in [0.1, 0.15) is 43.9 Å². The number of hydrogen-bond donors (Lipinski definition) is 1. The summed E-state index contributed by atoms with van der Waals surface area (Å²) in [6, 6.07) is 13.5. The number of carbonyl (C=O) groups excluding carboxylic acids is 2. The van der Waals surface area contributed by atoms with Crippen molar-refractivity contribution in [3.05, 3.63) is 59.2 Å². The molecule has 0 fully saturated rings. The van der Waals surface area contributed by atoms with Gasteiger partial charge in [-0.15, -0.1) is 0 Å². The summed E-state index contributed by atoms with van der Waals surface area (Å²) in [6.07, 6.45) is 3.30. The van der Waals surface area contributed by atoms with Gasteiger partial charge < -0.3 is 14.8 Å². The highest BCUT2D eigenvalue weighted by atomic mass is 16.6. The van der Waals surface area contributed by atoms with Gasteiger partial charge in [-0.25, -0.2) is 4.79 Å². The second-order valence-corrected chi connectivity index (χ2v) is 8.11. The van der Waals surface area contributed by atoms with E-state index in [-0.39, 0.29) is 24.5 Å². The monoisotopic (exact) mass is 381 g/mol. The van der Waals surface area contributed by atoms with Gasteiger partial charge in [-0.05, 0) is 65.6 Å². The van der Waals surface area contributed by atoms with Crippen LogP contribution >= 0.6 is 0 Å². The molecule has 0 heterocycles. The Morgan fingerprint density at radius 3 is 2.39 bits per heavy atom. The Hall–Kier alpha value is -2.82. The van der Waals surface area contributed by atoms with Gasteiger partial charge in [-0.1, -0.05) is 39.0 Å². The number of hydrogen-bond acceptors (Lipinski definition) is 4. The Kier molecular flexibility index (Phi) is 6.02. The molecule has 0 aliphatic heterocycles. The van der Waals surface area contributed by atoms with Crippen LogP contribution in [0.4, 0.5) is 5.69 Å². The Morgan fingerprint density at radius 1 is 0.964 bits per heavy atom. The summed E-state index contributed by atoms with van der Waals surface area (Å²) < 4.78 is 10.4. The van der Waals surface area contributed by atoms with Crippen LogP contribution in [0.3, 0.4) is 0 Å². The lowest BCUT2D eigenvalue weighted by atomic mass is 9.87. The zero-order chi connectivity index (χ0) is 20.1. The quantitative estimate of drug-likeness (QED) is 0.767. The first kappa shape index (κ1) is 19.9. The van der Waals surface area contributed by atoms with Gasteiger partial charge in [0.1, 0.15) is 5.75 Å². The van der Waals surface area contributed by atoms with E-state index >= 15 is 0 Å². The first-order valence-electron chi connectivity index (χ1n) is 9.62. The fraction of sp³-hybridized carbons (Fsp3) is 0.391. The standard InChI is InChI=1S/C23H27NO4/c1-23(2,3)18-8-11-20(12-9-18)27-15-22(26)28-14-21(25)24-19-10-7-16-5-4-6-17(16)13-19/h7-13H,4-6,14-15H2,1-3H3,(H,24,25). The van der Waals surface area contributed by atoms with Crippen LogP contribution in [0.25, 0.3) is 0 Å². The number of ether oxygens (including phenoxy) is 2. The van der Waals surface area contributed by atoms with E-state index < -0.39 is 5.97 Å². The number of nitrogens with one attached hydrogen (secondary N) is 1. The van der Waals surface area contributed by atoms with Crippen molar-refractivity contribution in [2.75, 3.05) is 18.5 Å². The van der Waals surface area contributed by atoms with E-state index in [1.165, 1.54) is 16.7 Å². The summed E-state index contributed by atoms with van der Waals surface area (Å²) in [5.41, 5.74) is 4.60. The molecule has 0 spiro atoms. The summed E-state index contributed by atoms with van der Waals surface area (Å²) in [5, 5.41) is 2.76. The molecule has 0 saturated carbocycles. The SMILES string of the molecule is CC(C)(C)c1ccc(OCC(=O)OCC(=O)Nc2ccc3c(c2)CCC3)cc1. The molecule has 5 heteroatoms. The average Bonchev–Trinajstić information content (AvgIpc) is 3.12. The highest BCUT2D eigenvalue weighted by Crippen LogP contribution is 2.25. The molecule has 1 N–H and O–H groups in total. The Bertz CT molecular complexity index is 850. The van der Waals surface area contributed by atoms with E-state index in [4.69, 9.17) is 9.47 Å². The van der Waals surface area contributed by atoms with Crippen molar-refractivity contribution < 1.29 is 19.1 Å². The number of anilines is 1. The zero-order valence-corrected chi connectivity index (χ0v) is 16.7. The lowest BCUT2D eigenvalue weighted by Crippen LogP contribution is -2.23. The Balaban J connectivity index is 1.41. The first-order valence-corrected chi connectivity index (χ1v) is 9.62. The Morgan fingerprint density at radius 2 is 1.68 bits per heavy atom. The van der Waals surface area contributed by atoms with Crippen LogP contribution in [-0.4, -0.2) is 25.1 Å². The largest absolute Gasteiger partial charge is 0.482 e. The van der Waals surface area contributed by atoms with Gasteiger partial charge in [0.05, 0.1) is 0 Å². The van der Waals surface area contributed by atoms with E-state index in [1.54, 1.807) is 0 Å². The maximum atomic E-state index is 12.0. The first-order chi connectivity index (χ1) is 13.3. The maximum Gasteiger partial charge on any atom is 0.344 e. The normalized spacial score (nSPS) is 13.0.